The van der Waals surface area contributed by atoms with Gasteiger partial charge in [-0.15, -0.1) is 0 Å². The summed E-state index contributed by atoms with van der Waals surface area (Å²) in [6.45, 7) is 0. The Hall–Kier alpha value is -4.28. The minimum absolute atomic E-state index is 0.146. The van der Waals surface area contributed by atoms with Crippen LogP contribution in [0.3, 0.4) is 0 Å². The lowest BCUT2D eigenvalue weighted by Gasteiger charge is -2.12. The summed E-state index contributed by atoms with van der Waals surface area (Å²) in [5, 5.41) is 8.45. The van der Waals surface area contributed by atoms with E-state index < -0.39 is 0 Å². The van der Waals surface area contributed by atoms with E-state index in [2.05, 4.69) is 20.6 Å². The molecular formula is C28H20N4O4S2. The predicted molar refractivity (Wildman–Crippen MR) is 151 cm³/mol. The SMILES string of the molecule is O=C(CSc1nc2ccccc2o1)Nc1cccc2c(NC(=O)CSc3nc4ccccc4o3)cccc12. The second kappa shape index (κ2) is 10.6. The molecule has 6 rings (SSSR count). The van der Waals surface area contributed by atoms with Crippen LogP contribution in [0.15, 0.2) is 104 Å². The number of benzene rings is 4. The molecule has 4 aromatic carbocycles. The number of aromatic nitrogens is 2. The number of hydrogen-bond donors (Lipinski definition) is 2. The van der Waals surface area contributed by atoms with Crippen molar-refractivity contribution >= 4 is 79.7 Å². The molecule has 38 heavy (non-hydrogen) atoms. The monoisotopic (exact) mass is 540 g/mol. The van der Waals surface area contributed by atoms with E-state index >= 15 is 0 Å². The van der Waals surface area contributed by atoms with Gasteiger partial charge < -0.3 is 19.5 Å². The van der Waals surface area contributed by atoms with Gasteiger partial charge in [-0.25, -0.2) is 9.97 Å². The Labute approximate surface area is 225 Å². The van der Waals surface area contributed by atoms with Crippen LogP contribution in [0.4, 0.5) is 11.4 Å². The molecule has 2 amide bonds. The zero-order valence-corrected chi connectivity index (χ0v) is 21.5. The molecule has 0 saturated carbocycles. The Morgan fingerprint density at radius 3 is 1.50 bits per heavy atom. The smallest absolute Gasteiger partial charge is 0.257 e. The number of carbonyl (C=O) groups excluding carboxylic acids is 2. The first-order valence-corrected chi connectivity index (χ1v) is 13.7. The maximum atomic E-state index is 12.7. The molecule has 0 unspecified atom stereocenters. The third-order valence-electron chi connectivity index (χ3n) is 5.67. The van der Waals surface area contributed by atoms with Crippen molar-refractivity contribution in [3.8, 4) is 0 Å². The van der Waals surface area contributed by atoms with Crippen molar-refractivity contribution < 1.29 is 18.4 Å². The highest BCUT2D eigenvalue weighted by atomic mass is 32.2. The van der Waals surface area contributed by atoms with Crippen molar-refractivity contribution in [1.29, 1.82) is 0 Å². The molecule has 0 aliphatic rings. The molecule has 0 atom stereocenters. The van der Waals surface area contributed by atoms with Gasteiger partial charge in [-0.1, -0.05) is 72.1 Å². The Balaban J connectivity index is 1.10. The Morgan fingerprint density at radius 1 is 0.605 bits per heavy atom. The summed E-state index contributed by atoms with van der Waals surface area (Å²) in [6, 6.07) is 26.1. The first-order valence-electron chi connectivity index (χ1n) is 11.7. The number of thioether (sulfide) groups is 2. The quantitative estimate of drug-likeness (QED) is 0.208. The number of amides is 2. The maximum Gasteiger partial charge on any atom is 0.257 e. The van der Waals surface area contributed by atoms with Crippen molar-refractivity contribution in [2.45, 2.75) is 10.4 Å². The lowest BCUT2D eigenvalue weighted by atomic mass is 10.1. The van der Waals surface area contributed by atoms with E-state index in [1.807, 2.05) is 84.9 Å². The number of anilines is 2. The van der Waals surface area contributed by atoms with Crippen molar-refractivity contribution in [1.82, 2.24) is 9.97 Å². The van der Waals surface area contributed by atoms with Crippen LogP contribution in [0, 0.1) is 0 Å². The zero-order valence-electron chi connectivity index (χ0n) is 19.8. The highest BCUT2D eigenvalue weighted by Crippen LogP contribution is 2.30. The van der Waals surface area contributed by atoms with Gasteiger partial charge in [0.05, 0.1) is 11.5 Å². The largest absolute Gasteiger partial charge is 0.431 e. The Kier molecular flexibility index (Phi) is 6.72. The van der Waals surface area contributed by atoms with Crippen LogP contribution >= 0.6 is 23.5 Å². The third-order valence-corrected chi connectivity index (χ3v) is 7.33. The topological polar surface area (TPSA) is 110 Å². The molecule has 0 fully saturated rings. The molecule has 2 aromatic heterocycles. The maximum absolute atomic E-state index is 12.7. The van der Waals surface area contributed by atoms with Crippen LogP contribution in [0.2, 0.25) is 0 Å². The second-order valence-corrected chi connectivity index (χ2v) is 10.1. The summed E-state index contributed by atoms with van der Waals surface area (Å²) in [5.74, 6) is -0.0813. The number of nitrogens with zero attached hydrogens (tertiary/aromatic N) is 2. The average molecular weight is 541 g/mol. The van der Waals surface area contributed by atoms with Gasteiger partial charge in [-0.05, 0) is 36.4 Å². The van der Waals surface area contributed by atoms with Gasteiger partial charge in [0.25, 0.3) is 10.4 Å². The Morgan fingerprint density at radius 2 is 1.05 bits per heavy atom. The summed E-state index contributed by atoms with van der Waals surface area (Å²) in [7, 11) is 0. The van der Waals surface area contributed by atoms with Crippen LogP contribution in [0.5, 0.6) is 0 Å². The first kappa shape index (κ1) is 24.1. The normalized spacial score (nSPS) is 11.3. The van der Waals surface area contributed by atoms with E-state index in [0.29, 0.717) is 33.0 Å². The van der Waals surface area contributed by atoms with Gasteiger partial charge in [0.1, 0.15) is 11.0 Å². The minimum Gasteiger partial charge on any atom is -0.431 e. The first-order chi connectivity index (χ1) is 18.6. The average Bonchev–Trinajstić information content (AvgIpc) is 3.55. The molecule has 2 N–H and O–H groups in total. The van der Waals surface area contributed by atoms with E-state index in [0.717, 1.165) is 21.8 Å². The molecule has 10 heteroatoms. The number of fused-ring (bicyclic) bond motifs is 3. The summed E-state index contributed by atoms with van der Waals surface area (Å²) >= 11 is 2.47. The molecule has 2 heterocycles. The summed E-state index contributed by atoms with van der Waals surface area (Å²) in [6.07, 6.45) is 0. The highest BCUT2D eigenvalue weighted by Gasteiger charge is 2.14. The molecule has 0 bridgehead atoms. The van der Waals surface area contributed by atoms with E-state index in [1.165, 1.54) is 23.5 Å². The van der Waals surface area contributed by atoms with Gasteiger partial charge in [0, 0.05) is 22.1 Å². The van der Waals surface area contributed by atoms with E-state index in [1.54, 1.807) is 0 Å². The van der Waals surface area contributed by atoms with Gasteiger partial charge in [0.15, 0.2) is 11.2 Å². The molecule has 0 radical (unpaired) electrons. The fourth-order valence-corrected chi connectivity index (χ4v) is 5.26. The highest BCUT2D eigenvalue weighted by molar-refractivity contribution is 8.00. The molecule has 0 aliphatic carbocycles. The van der Waals surface area contributed by atoms with E-state index in [9.17, 15) is 9.59 Å². The van der Waals surface area contributed by atoms with Crippen LogP contribution in [-0.2, 0) is 9.59 Å². The molecule has 6 aromatic rings. The fraction of sp³-hybridized carbons (Fsp3) is 0.0714. The third kappa shape index (κ3) is 5.22. The number of oxazole rings is 2. The molecule has 0 aliphatic heterocycles. The fourth-order valence-electron chi connectivity index (χ4n) is 3.98. The summed E-state index contributed by atoms with van der Waals surface area (Å²) < 4.78 is 11.4. The molecule has 8 nitrogen and oxygen atoms in total. The number of carbonyl (C=O) groups is 2. The molecular weight excluding hydrogens is 520 g/mol. The predicted octanol–water partition coefficient (Wildman–Crippen LogP) is 6.58. The summed E-state index contributed by atoms with van der Waals surface area (Å²) in [4.78, 5) is 34.2. The van der Waals surface area contributed by atoms with Gasteiger partial charge in [-0.3, -0.25) is 9.59 Å². The summed E-state index contributed by atoms with van der Waals surface area (Å²) in [5.41, 5.74) is 4.19. The number of nitrogens with one attached hydrogen (secondary N) is 2. The number of para-hydroxylation sites is 4. The van der Waals surface area contributed by atoms with Gasteiger partial charge in [-0.2, -0.15) is 0 Å². The van der Waals surface area contributed by atoms with Crippen molar-refractivity contribution in [2.24, 2.45) is 0 Å². The molecule has 0 spiro atoms. The van der Waals surface area contributed by atoms with Crippen LogP contribution < -0.4 is 10.6 Å². The van der Waals surface area contributed by atoms with E-state index in [-0.39, 0.29) is 23.3 Å². The van der Waals surface area contributed by atoms with Gasteiger partial charge in [0.2, 0.25) is 11.8 Å². The standard InChI is InChI=1S/C28H20N4O4S2/c33-25(15-37-27-31-21-9-1-3-13-23(21)35-27)29-19-11-5-8-18-17(19)7-6-12-20(18)30-26(34)16-38-28-32-22-10-2-4-14-24(22)36-28/h1-14H,15-16H2,(H,29,33)(H,30,34). The zero-order chi connectivity index (χ0) is 25.9. The lowest BCUT2D eigenvalue weighted by Crippen LogP contribution is -2.15. The molecule has 0 saturated heterocycles. The Bertz CT molecular complexity index is 1600. The lowest BCUT2D eigenvalue weighted by molar-refractivity contribution is -0.114. The number of rotatable bonds is 8. The molecule has 188 valence electrons. The number of hydrogen-bond acceptors (Lipinski definition) is 8. The van der Waals surface area contributed by atoms with Crippen LogP contribution in [0.1, 0.15) is 0 Å². The van der Waals surface area contributed by atoms with E-state index in [4.69, 9.17) is 8.83 Å². The van der Waals surface area contributed by atoms with Gasteiger partial charge >= 0.3 is 0 Å². The van der Waals surface area contributed by atoms with Crippen LogP contribution in [0.25, 0.3) is 33.0 Å². The van der Waals surface area contributed by atoms with Crippen LogP contribution in [-0.4, -0.2) is 33.3 Å². The second-order valence-electron chi connectivity index (χ2n) is 8.27. The van der Waals surface area contributed by atoms with Crippen molar-refractivity contribution in [3.63, 3.8) is 0 Å². The minimum atomic E-state index is -0.186. The van der Waals surface area contributed by atoms with Crippen molar-refractivity contribution in [3.05, 3.63) is 84.9 Å². The van der Waals surface area contributed by atoms with Crippen molar-refractivity contribution in [2.75, 3.05) is 22.1 Å².